The van der Waals surface area contributed by atoms with Crippen molar-refractivity contribution >= 4 is 34.6 Å². The number of hydrogen-bond donors (Lipinski definition) is 1. The van der Waals surface area contributed by atoms with Crippen molar-refractivity contribution in [3.63, 3.8) is 0 Å². The quantitative estimate of drug-likeness (QED) is 0.338. The number of aromatic nitrogens is 2. The van der Waals surface area contributed by atoms with Crippen LogP contribution >= 0.6 is 11.6 Å². The Bertz CT molecular complexity index is 1320. The second kappa shape index (κ2) is 10.5. The van der Waals surface area contributed by atoms with Crippen LogP contribution in [0.4, 0.5) is 23.0 Å². The van der Waals surface area contributed by atoms with E-state index in [9.17, 15) is 10.1 Å². The van der Waals surface area contributed by atoms with Gasteiger partial charge in [-0.15, -0.1) is 0 Å². The lowest BCUT2D eigenvalue weighted by molar-refractivity contribution is -0.383. The predicted octanol–water partition coefficient (Wildman–Crippen LogP) is 3.85. The number of rotatable bonds is 8. The lowest BCUT2D eigenvalue weighted by Gasteiger charge is -2.35. The maximum atomic E-state index is 12.1. The summed E-state index contributed by atoms with van der Waals surface area (Å²) in [4.78, 5) is 24.3. The van der Waals surface area contributed by atoms with Crippen LogP contribution in [0.5, 0.6) is 23.0 Å². The van der Waals surface area contributed by atoms with E-state index in [2.05, 4.69) is 20.2 Å². The molecule has 0 radical (unpaired) electrons. The van der Waals surface area contributed by atoms with E-state index in [4.69, 9.17) is 30.5 Å². The minimum absolute atomic E-state index is 0.0392. The van der Waals surface area contributed by atoms with E-state index >= 15 is 0 Å². The third kappa shape index (κ3) is 5.11. The molecule has 0 bridgehead atoms. The molecule has 194 valence electrons. The van der Waals surface area contributed by atoms with Crippen LogP contribution in [-0.2, 0) is 6.54 Å². The standard InChI is InChI=1S/C24H25ClN6O6/c1-34-19-11-20(35-2)17(10-16(19)25)28-23-22(31(32)33)24(27-13-26-23)30-7-5-29(6-8-30)12-15-3-4-18-21(9-15)37-14-36-18/h3-4,9-11,13H,5-8,12,14H2,1-2H3,(H,26,27,28). The van der Waals surface area contributed by atoms with Crippen molar-refractivity contribution in [3.8, 4) is 23.0 Å². The minimum Gasteiger partial charge on any atom is -0.495 e. The fourth-order valence-corrected chi connectivity index (χ4v) is 4.60. The molecule has 0 saturated carbocycles. The molecule has 2 aromatic carbocycles. The van der Waals surface area contributed by atoms with Gasteiger partial charge in [0.1, 0.15) is 17.8 Å². The molecular weight excluding hydrogens is 504 g/mol. The van der Waals surface area contributed by atoms with Crippen LogP contribution in [0, 0.1) is 10.1 Å². The van der Waals surface area contributed by atoms with E-state index < -0.39 is 4.92 Å². The molecule has 1 fully saturated rings. The van der Waals surface area contributed by atoms with Crippen molar-refractivity contribution in [3.05, 3.63) is 57.4 Å². The van der Waals surface area contributed by atoms with Gasteiger partial charge in [-0.2, -0.15) is 0 Å². The second-order valence-electron chi connectivity index (χ2n) is 8.41. The number of benzene rings is 2. The number of fused-ring (bicyclic) bond motifs is 1. The summed E-state index contributed by atoms with van der Waals surface area (Å²) in [6, 6.07) is 9.09. The normalized spacial score (nSPS) is 14.9. The van der Waals surface area contributed by atoms with Crippen LogP contribution in [0.25, 0.3) is 0 Å². The summed E-state index contributed by atoms with van der Waals surface area (Å²) < 4.78 is 21.5. The Morgan fingerprint density at radius 1 is 1.05 bits per heavy atom. The van der Waals surface area contributed by atoms with Crippen molar-refractivity contribution in [2.24, 2.45) is 0 Å². The number of nitro groups is 1. The highest BCUT2D eigenvalue weighted by Crippen LogP contribution is 2.40. The smallest absolute Gasteiger partial charge is 0.353 e. The summed E-state index contributed by atoms with van der Waals surface area (Å²) in [6.07, 6.45) is 1.31. The van der Waals surface area contributed by atoms with Crippen LogP contribution < -0.4 is 29.2 Å². The Labute approximate surface area is 217 Å². The molecule has 2 aliphatic rings. The van der Waals surface area contributed by atoms with Crippen LogP contribution in [0.1, 0.15) is 5.56 Å². The van der Waals surface area contributed by atoms with Crippen LogP contribution in [0.2, 0.25) is 5.02 Å². The molecule has 1 N–H and O–H groups in total. The molecule has 0 unspecified atom stereocenters. The van der Waals surface area contributed by atoms with Gasteiger partial charge in [0.25, 0.3) is 0 Å². The Morgan fingerprint density at radius 3 is 2.54 bits per heavy atom. The molecular formula is C24H25ClN6O6. The number of nitrogens with zero attached hydrogens (tertiary/aromatic N) is 5. The van der Waals surface area contributed by atoms with Gasteiger partial charge in [-0.3, -0.25) is 15.0 Å². The van der Waals surface area contributed by atoms with E-state index in [-0.39, 0.29) is 24.1 Å². The van der Waals surface area contributed by atoms with Crippen LogP contribution in [0.3, 0.4) is 0 Å². The summed E-state index contributed by atoms with van der Waals surface area (Å²) in [7, 11) is 2.97. The van der Waals surface area contributed by atoms with Crippen LogP contribution in [-0.4, -0.2) is 67.0 Å². The molecule has 37 heavy (non-hydrogen) atoms. The highest BCUT2D eigenvalue weighted by Gasteiger charge is 2.30. The zero-order chi connectivity index (χ0) is 25.9. The number of methoxy groups -OCH3 is 2. The molecule has 0 atom stereocenters. The number of halogens is 1. The summed E-state index contributed by atoms with van der Waals surface area (Å²) in [5.74, 6) is 2.61. The third-order valence-electron chi connectivity index (χ3n) is 6.23. The monoisotopic (exact) mass is 528 g/mol. The SMILES string of the molecule is COc1cc(OC)c(Nc2ncnc(N3CCN(Cc4ccc5c(c4)OCO5)CC3)c2[N+](=O)[O-])cc1Cl. The molecule has 2 aliphatic heterocycles. The van der Waals surface area contributed by atoms with E-state index in [0.717, 1.165) is 23.6 Å². The first-order valence-electron chi connectivity index (χ1n) is 11.5. The molecule has 1 aromatic heterocycles. The number of ether oxygens (including phenoxy) is 4. The van der Waals surface area contributed by atoms with Gasteiger partial charge >= 0.3 is 5.69 Å². The molecule has 0 amide bonds. The van der Waals surface area contributed by atoms with Crippen molar-refractivity contribution in [2.75, 3.05) is 57.4 Å². The fraction of sp³-hybridized carbons (Fsp3) is 0.333. The minimum atomic E-state index is -0.478. The third-order valence-corrected chi connectivity index (χ3v) is 6.52. The number of hydrogen-bond acceptors (Lipinski definition) is 11. The lowest BCUT2D eigenvalue weighted by Crippen LogP contribution is -2.46. The second-order valence-corrected chi connectivity index (χ2v) is 8.82. The first kappa shape index (κ1) is 24.7. The first-order chi connectivity index (χ1) is 18.0. The summed E-state index contributed by atoms with van der Waals surface area (Å²) in [6.45, 7) is 3.53. The van der Waals surface area contributed by atoms with Crippen LogP contribution in [0.15, 0.2) is 36.7 Å². The Kier molecular flexibility index (Phi) is 7.01. The Balaban J connectivity index is 1.33. The topological polar surface area (TPSA) is 124 Å². The van der Waals surface area contributed by atoms with E-state index in [1.165, 1.54) is 20.5 Å². The Hall–Kier alpha value is -4.03. The van der Waals surface area contributed by atoms with E-state index in [0.29, 0.717) is 48.4 Å². The maximum Gasteiger partial charge on any atom is 0.353 e. The molecule has 12 nitrogen and oxygen atoms in total. The first-order valence-corrected chi connectivity index (χ1v) is 11.9. The average molecular weight is 529 g/mol. The van der Waals surface area contributed by atoms with Gasteiger partial charge in [-0.25, -0.2) is 9.97 Å². The van der Waals surface area contributed by atoms with Gasteiger partial charge in [0, 0.05) is 38.8 Å². The highest BCUT2D eigenvalue weighted by molar-refractivity contribution is 6.32. The molecule has 3 heterocycles. The van der Waals surface area contributed by atoms with E-state index in [1.807, 2.05) is 23.1 Å². The lowest BCUT2D eigenvalue weighted by atomic mass is 10.1. The van der Waals surface area contributed by atoms with Crippen molar-refractivity contribution in [1.82, 2.24) is 14.9 Å². The summed E-state index contributed by atoms with van der Waals surface area (Å²) in [5.41, 5.74) is 1.31. The average Bonchev–Trinajstić information content (AvgIpc) is 3.37. The summed E-state index contributed by atoms with van der Waals surface area (Å²) in [5, 5.41) is 15.5. The van der Waals surface area contributed by atoms with Crippen molar-refractivity contribution in [2.45, 2.75) is 6.54 Å². The molecule has 0 aliphatic carbocycles. The number of nitrogens with one attached hydrogen (secondary N) is 1. The van der Waals surface area contributed by atoms with Gasteiger partial charge in [-0.05, 0) is 23.8 Å². The molecule has 1 saturated heterocycles. The largest absolute Gasteiger partial charge is 0.495 e. The highest BCUT2D eigenvalue weighted by atomic mass is 35.5. The molecule has 13 heteroatoms. The number of piperazine rings is 1. The predicted molar refractivity (Wildman–Crippen MR) is 137 cm³/mol. The molecule has 5 rings (SSSR count). The zero-order valence-corrected chi connectivity index (χ0v) is 21.0. The van der Waals surface area contributed by atoms with Gasteiger partial charge in [-0.1, -0.05) is 17.7 Å². The zero-order valence-electron chi connectivity index (χ0n) is 20.3. The van der Waals surface area contributed by atoms with Gasteiger partial charge in [0.05, 0.1) is 29.9 Å². The fourth-order valence-electron chi connectivity index (χ4n) is 4.36. The molecule has 0 spiro atoms. The van der Waals surface area contributed by atoms with Gasteiger partial charge < -0.3 is 29.2 Å². The van der Waals surface area contributed by atoms with Crippen molar-refractivity contribution < 1.29 is 23.9 Å². The summed E-state index contributed by atoms with van der Waals surface area (Å²) >= 11 is 6.27. The van der Waals surface area contributed by atoms with E-state index in [1.54, 1.807) is 12.1 Å². The molecule has 3 aromatic rings. The maximum absolute atomic E-state index is 12.1. The van der Waals surface area contributed by atoms with Gasteiger partial charge in [0.15, 0.2) is 11.5 Å². The van der Waals surface area contributed by atoms with Crippen molar-refractivity contribution in [1.29, 1.82) is 0 Å². The van der Waals surface area contributed by atoms with Gasteiger partial charge in [0.2, 0.25) is 18.4 Å². The Morgan fingerprint density at radius 2 is 1.81 bits per heavy atom. The number of anilines is 3.